The second-order valence-corrected chi connectivity index (χ2v) is 7.71. The van der Waals surface area contributed by atoms with Gasteiger partial charge in [-0.15, -0.1) is 0 Å². The minimum absolute atomic E-state index is 0.228. The van der Waals surface area contributed by atoms with Gasteiger partial charge in [-0.25, -0.2) is 23.9 Å². The van der Waals surface area contributed by atoms with Gasteiger partial charge in [0.05, 0.1) is 25.5 Å². The summed E-state index contributed by atoms with van der Waals surface area (Å²) in [6.45, 7) is 3.22. The monoisotopic (exact) mass is 566 g/mol. The highest BCUT2D eigenvalue weighted by molar-refractivity contribution is 5.73. The van der Waals surface area contributed by atoms with Crippen molar-refractivity contribution in [2.45, 2.75) is 32.0 Å². The van der Waals surface area contributed by atoms with Gasteiger partial charge in [0.15, 0.2) is 0 Å². The number of aliphatic carboxylic acids is 2. The van der Waals surface area contributed by atoms with E-state index in [2.05, 4.69) is 19.4 Å². The van der Waals surface area contributed by atoms with Crippen LogP contribution >= 0.6 is 0 Å². The van der Waals surface area contributed by atoms with E-state index in [1.54, 1.807) is 25.4 Å². The molecule has 0 fully saturated rings. The fourth-order valence-electron chi connectivity index (χ4n) is 3.29. The zero-order valence-electron chi connectivity index (χ0n) is 20.0. The number of carboxylic acid groups (broad SMARTS) is 2. The standard InChI is InChI=1S/C19H19FN4O.2C2HF3O2/c1-25-19-15(5-3-7-21-19)12-23-8-9-24-17(11-22-18(24)13-23)14-4-2-6-16(20)10-14;2*3-2(4,5)1(6)7/h2-7,10-11H,8-9,12-13H2,1H3;2*(H,6,7). The molecule has 3 aromatic rings. The first-order chi connectivity index (χ1) is 18.1. The molecule has 0 unspecified atom stereocenters. The number of nitrogens with zero attached hydrogens (tertiary/aromatic N) is 4. The molecule has 1 aliphatic rings. The maximum absolute atomic E-state index is 13.5. The summed E-state index contributed by atoms with van der Waals surface area (Å²) in [7, 11) is 1.64. The predicted molar refractivity (Wildman–Crippen MR) is 120 cm³/mol. The Bertz CT molecular complexity index is 1250. The SMILES string of the molecule is COc1ncccc1CN1CCn2c(-c3cccc(F)c3)cnc2C1.O=C(O)C(F)(F)F.O=C(O)C(F)(F)F. The quantitative estimate of drug-likeness (QED) is 0.447. The molecule has 2 N–H and O–H groups in total. The predicted octanol–water partition coefficient (Wildman–Crippen LogP) is 4.38. The summed E-state index contributed by atoms with van der Waals surface area (Å²) in [5.74, 6) is -4.08. The average molecular weight is 566 g/mol. The van der Waals surface area contributed by atoms with Gasteiger partial charge < -0.3 is 19.5 Å². The molecule has 0 spiro atoms. The molecule has 0 atom stereocenters. The van der Waals surface area contributed by atoms with Gasteiger partial charge >= 0.3 is 24.3 Å². The summed E-state index contributed by atoms with van der Waals surface area (Å²) >= 11 is 0. The summed E-state index contributed by atoms with van der Waals surface area (Å²) in [5, 5.41) is 14.2. The third-order valence-electron chi connectivity index (χ3n) is 4.99. The lowest BCUT2D eigenvalue weighted by atomic mass is 10.1. The zero-order valence-corrected chi connectivity index (χ0v) is 20.0. The Morgan fingerprint density at radius 1 is 0.974 bits per heavy atom. The fraction of sp³-hybridized carbons (Fsp3) is 0.304. The van der Waals surface area contributed by atoms with E-state index < -0.39 is 24.3 Å². The maximum atomic E-state index is 13.5. The topological polar surface area (TPSA) is 118 Å². The molecule has 9 nitrogen and oxygen atoms in total. The molecular weight excluding hydrogens is 545 g/mol. The van der Waals surface area contributed by atoms with Crippen molar-refractivity contribution in [3.63, 3.8) is 0 Å². The lowest BCUT2D eigenvalue weighted by Gasteiger charge is -2.28. The number of rotatable bonds is 4. The van der Waals surface area contributed by atoms with E-state index in [4.69, 9.17) is 24.5 Å². The number of methoxy groups -OCH3 is 1. The summed E-state index contributed by atoms with van der Waals surface area (Å²) in [6.07, 6.45) is -6.60. The number of pyridine rings is 1. The molecule has 0 aliphatic carbocycles. The number of aromatic nitrogens is 3. The van der Waals surface area contributed by atoms with Crippen molar-refractivity contribution < 1.29 is 55.3 Å². The van der Waals surface area contributed by atoms with Crippen molar-refractivity contribution in [1.82, 2.24) is 19.4 Å². The number of hydrogen-bond donors (Lipinski definition) is 2. The molecule has 4 rings (SSSR count). The van der Waals surface area contributed by atoms with Crippen LogP contribution in [0.5, 0.6) is 5.88 Å². The number of hydrogen-bond acceptors (Lipinski definition) is 6. The van der Waals surface area contributed by atoms with Crippen LogP contribution < -0.4 is 4.74 Å². The number of halogens is 7. The van der Waals surface area contributed by atoms with Crippen molar-refractivity contribution in [3.8, 4) is 17.1 Å². The largest absolute Gasteiger partial charge is 0.490 e. The first kappa shape index (κ1) is 31.0. The Morgan fingerprint density at radius 2 is 1.59 bits per heavy atom. The van der Waals surface area contributed by atoms with Gasteiger partial charge in [0, 0.05) is 37.0 Å². The highest BCUT2D eigenvalue weighted by Gasteiger charge is 2.38. The first-order valence-corrected chi connectivity index (χ1v) is 10.7. The summed E-state index contributed by atoms with van der Waals surface area (Å²) in [6, 6.07) is 10.6. The summed E-state index contributed by atoms with van der Waals surface area (Å²) in [4.78, 5) is 28.9. The second-order valence-electron chi connectivity index (χ2n) is 7.71. The van der Waals surface area contributed by atoms with Gasteiger partial charge in [0.25, 0.3) is 0 Å². The fourth-order valence-corrected chi connectivity index (χ4v) is 3.29. The lowest BCUT2D eigenvalue weighted by Crippen LogP contribution is -2.33. The third-order valence-corrected chi connectivity index (χ3v) is 4.99. The number of carboxylic acids is 2. The Morgan fingerprint density at radius 3 is 2.13 bits per heavy atom. The smallest absolute Gasteiger partial charge is 0.481 e. The Hall–Kier alpha value is -4.21. The van der Waals surface area contributed by atoms with Gasteiger partial charge in [0.1, 0.15) is 11.6 Å². The third kappa shape index (κ3) is 9.24. The second kappa shape index (κ2) is 13.0. The number of alkyl halides is 6. The molecule has 3 heterocycles. The number of benzene rings is 1. The number of ether oxygens (including phenoxy) is 1. The van der Waals surface area contributed by atoms with Gasteiger partial charge in [-0.3, -0.25) is 4.90 Å². The van der Waals surface area contributed by atoms with Crippen LogP contribution in [0.3, 0.4) is 0 Å². The van der Waals surface area contributed by atoms with E-state index in [1.807, 2.05) is 24.4 Å². The highest BCUT2D eigenvalue weighted by atomic mass is 19.4. The minimum atomic E-state index is -5.08. The van der Waals surface area contributed by atoms with Crippen LogP contribution in [0.25, 0.3) is 11.3 Å². The number of fused-ring (bicyclic) bond motifs is 1. The lowest BCUT2D eigenvalue weighted by molar-refractivity contribution is -0.193. The van der Waals surface area contributed by atoms with Crippen molar-refractivity contribution >= 4 is 11.9 Å². The summed E-state index contributed by atoms with van der Waals surface area (Å²) < 4.78 is 84.5. The molecule has 1 aliphatic heterocycles. The van der Waals surface area contributed by atoms with Crippen molar-refractivity contribution in [3.05, 3.63) is 66.0 Å². The van der Waals surface area contributed by atoms with Crippen LogP contribution in [-0.4, -0.2) is 67.6 Å². The summed E-state index contributed by atoms with van der Waals surface area (Å²) in [5.41, 5.74) is 2.89. The molecule has 2 aromatic heterocycles. The maximum Gasteiger partial charge on any atom is 0.490 e. The Balaban J connectivity index is 0.000000317. The highest BCUT2D eigenvalue weighted by Crippen LogP contribution is 2.26. The van der Waals surface area contributed by atoms with Crippen LogP contribution in [0.15, 0.2) is 48.8 Å². The zero-order chi connectivity index (χ0) is 29.4. The van der Waals surface area contributed by atoms with E-state index in [0.29, 0.717) is 5.88 Å². The first-order valence-electron chi connectivity index (χ1n) is 10.7. The minimum Gasteiger partial charge on any atom is -0.481 e. The van der Waals surface area contributed by atoms with Crippen LogP contribution in [-0.2, 0) is 29.2 Å². The van der Waals surface area contributed by atoms with E-state index >= 15 is 0 Å². The van der Waals surface area contributed by atoms with Gasteiger partial charge in [-0.2, -0.15) is 26.3 Å². The molecule has 0 bridgehead atoms. The molecule has 0 saturated heterocycles. The Labute approximate surface area is 216 Å². The molecular formula is C23H21F7N4O5. The normalized spacial score (nSPS) is 13.2. The number of imidazole rings is 1. The van der Waals surface area contributed by atoms with E-state index in [1.165, 1.54) is 6.07 Å². The Kier molecular flexibility index (Phi) is 10.4. The molecule has 212 valence electrons. The van der Waals surface area contributed by atoms with Crippen molar-refractivity contribution in [2.75, 3.05) is 13.7 Å². The van der Waals surface area contributed by atoms with Crippen molar-refractivity contribution in [1.29, 1.82) is 0 Å². The van der Waals surface area contributed by atoms with Gasteiger partial charge in [-0.1, -0.05) is 18.2 Å². The van der Waals surface area contributed by atoms with E-state index in [0.717, 1.165) is 48.8 Å². The van der Waals surface area contributed by atoms with Gasteiger partial charge in [-0.05, 0) is 18.2 Å². The van der Waals surface area contributed by atoms with E-state index in [-0.39, 0.29) is 5.82 Å². The van der Waals surface area contributed by atoms with Crippen molar-refractivity contribution in [2.24, 2.45) is 0 Å². The van der Waals surface area contributed by atoms with E-state index in [9.17, 15) is 30.7 Å². The molecule has 0 amide bonds. The molecule has 39 heavy (non-hydrogen) atoms. The molecule has 1 aromatic carbocycles. The van der Waals surface area contributed by atoms with Crippen LogP contribution in [0, 0.1) is 5.82 Å². The van der Waals surface area contributed by atoms with Gasteiger partial charge in [0.2, 0.25) is 5.88 Å². The number of carbonyl (C=O) groups is 2. The van der Waals surface area contributed by atoms with Crippen LogP contribution in [0.2, 0.25) is 0 Å². The van der Waals surface area contributed by atoms with Crippen LogP contribution in [0.1, 0.15) is 11.4 Å². The average Bonchev–Trinajstić information content (AvgIpc) is 3.27. The van der Waals surface area contributed by atoms with Crippen LogP contribution in [0.4, 0.5) is 30.7 Å². The molecule has 16 heteroatoms. The molecule has 0 radical (unpaired) electrons. The molecule has 0 saturated carbocycles.